The summed E-state index contributed by atoms with van der Waals surface area (Å²) < 4.78 is 76.6. The van der Waals surface area contributed by atoms with E-state index in [0.717, 1.165) is 6.07 Å². The van der Waals surface area contributed by atoms with Crippen molar-refractivity contribution in [1.29, 1.82) is 0 Å². The van der Waals surface area contributed by atoms with Crippen LogP contribution in [0, 0.1) is 5.82 Å². The molecular weight excluding hydrogens is 297 g/mol. The molecule has 0 saturated heterocycles. The predicted octanol–water partition coefficient (Wildman–Crippen LogP) is 4.67. The van der Waals surface area contributed by atoms with Gasteiger partial charge in [0, 0.05) is 0 Å². The fourth-order valence-electron chi connectivity index (χ4n) is 0.783. The Morgan fingerprint density at radius 1 is 1.00 bits per heavy atom. The van der Waals surface area contributed by atoms with E-state index in [2.05, 4.69) is 4.74 Å². The van der Waals surface area contributed by atoms with Gasteiger partial charge in [-0.05, 0) is 12.1 Å². The van der Waals surface area contributed by atoms with Crippen molar-refractivity contribution in [3.63, 3.8) is 0 Å². The van der Waals surface area contributed by atoms with Crippen molar-refractivity contribution in [2.75, 3.05) is 0 Å². The Kier molecular flexibility index (Phi) is 3.73. The molecule has 9 heteroatoms. The summed E-state index contributed by atoms with van der Waals surface area (Å²) in [4.78, 5) is 0. The Morgan fingerprint density at radius 2 is 1.53 bits per heavy atom. The number of hydrogen-bond donors (Lipinski definition) is 0. The molecule has 0 aliphatic carbocycles. The van der Waals surface area contributed by atoms with Crippen LogP contribution in [-0.4, -0.2) is 12.3 Å². The Hall–Kier alpha value is -0.820. The van der Waals surface area contributed by atoms with Crippen LogP contribution >= 0.6 is 23.2 Å². The summed E-state index contributed by atoms with van der Waals surface area (Å²) in [6.07, 6.45) is -11.4. The van der Waals surface area contributed by atoms with Gasteiger partial charge in [-0.1, -0.05) is 23.2 Å². The number of hydrogen-bond acceptors (Lipinski definition) is 1. The normalized spacial score (nSPS) is 12.7. The van der Waals surface area contributed by atoms with E-state index in [1.165, 1.54) is 0 Å². The molecule has 0 unspecified atom stereocenters. The van der Waals surface area contributed by atoms with E-state index in [9.17, 15) is 26.3 Å². The molecule has 0 N–H and O–H groups in total. The zero-order chi connectivity index (χ0) is 13.4. The molecule has 0 saturated carbocycles. The Balaban J connectivity index is 3.09. The highest BCUT2D eigenvalue weighted by Crippen LogP contribution is 2.40. The molecule has 0 heterocycles. The van der Waals surface area contributed by atoms with Crippen molar-refractivity contribution in [2.45, 2.75) is 12.3 Å². The van der Waals surface area contributed by atoms with E-state index in [1.54, 1.807) is 0 Å². The minimum Gasteiger partial charge on any atom is -0.424 e. The summed E-state index contributed by atoms with van der Waals surface area (Å²) >= 11 is 10.4. The second kappa shape index (κ2) is 4.45. The summed E-state index contributed by atoms with van der Waals surface area (Å²) in [5.41, 5.74) is 0. The highest BCUT2D eigenvalue weighted by molar-refractivity contribution is 6.35. The average Bonchev–Trinajstić information content (AvgIpc) is 2.17. The molecule has 0 fully saturated rings. The number of benzene rings is 1. The molecule has 96 valence electrons. The van der Waals surface area contributed by atoms with Crippen LogP contribution in [0.2, 0.25) is 10.0 Å². The fourth-order valence-corrected chi connectivity index (χ4v) is 1.19. The molecule has 0 aliphatic rings. The smallest absolute Gasteiger partial charge is 0.424 e. The lowest BCUT2D eigenvalue weighted by Crippen LogP contribution is -2.41. The summed E-state index contributed by atoms with van der Waals surface area (Å²) in [5.74, 6) is -2.50. The molecule has 1 aromatic rings. The van der Waals surface area contributed by atoms with Crippen LogP contribution in [0.1, 0.15) is 0 Å². The zero-order valence-corrected chi connectivity index (χ0v) is 9.10. The molecule has 0 spiro atoms. The monoisotopic (exact) mass is 298 g/mol. The summed E-state index contributed by atoms with van der Waals surface area (Å²) in [7, 11) is 0. The highest BCUT2D eigenvalue weighted by atomic mass is 35.5. The molecule has 1 rings (SSSR count). The van der Waals surface area contributed by atoms with Crippen molar-refractivity contribution < 1.29 is 31.1 Å². The maximum absolute atomic E-state index is 13.0. The molecule has 1 nitrogen and oxygen atoms in total. The average molecular weight is 299 g/mol. The Morgan fingerprint density at radius 3 is 2.00 bits per heavy atom. The van der Waals surface area contributed by atoms with Crippen molar-refractivity contribution in [1.82, 2.24) is 0 Å². The van der Waals surface area contributed by atoms with E-state index in [-0.39, 0.29) is 0 Å². The van der Waals surface area contributed by atoms with Gasteiger partial charge in [-0.3, -0.25) is 0 Å². The van der Waals surface area contributed by atoms with E-state index in [4.69, 9.17) is 23.2 Å². The van der Waals surface area contributed by atoms with Gasteiger partial charge in [0.15, 0.2) is 5.82 Å². The molecule has 0 aliphatic heterocycles. The van der Waals surface area contributed by atoms with Crippen LogP contribution in [0.25, 0.3) is 0 Å². The third-order valence-electron chi connectivity index (χ3n) is 1.57. The van der Waals surface area contributed by atoms with Gasteiger partial charge in [0.1, 0.15) is 10.8 Å². The van der Waals surface area contributed by atoms with Gasteiger partial charge in [0.2, 0.25) is 0 Å². The van der Waals surface area contributed by atoms with E-state index in [0.29, 0.717) is 6.07 Å². The minimum atomic E-state index is -5.94. The van der Waals surface area contributed by atoms with Gasteiger partial charge in [-0.15, -0.1) is 0 Å². The molecule has 0 aromatic heterocycles. The van der Waals surface area contributed by atoms with Crippen LogP contribution in [0.4, 0.5) is 26.3 Å². The maximum Gasteiger partial charge on any atom is 0.499 e. The van der Waals surface area contributed by atoms with E-state index >= 15 is 0 Å². The first-order valence-corrected chi connectivity index (χ1v) is 4.59. The van der Waals surface area contributed by atoms with Gasteiger partial charge in [0.05, 0.1) is 5.02 Å². The first kappa shape index (κ1) is 14.2. The first-order valence-electron chi connectivity index (χ1n) is 3.83. The van der Waals surface area contributed by atoms with Crippen molar-refractivity contribution in [3.05, 3.63) is 28.0 Å². The van der Waals surface area contributed by atoms with Crippen LogP contribution in [0.3, 0.4) is 0 Å². The lowest BCUT2D eigenvalue weighted by atomic mass is 10.3. The lowest BCUT2D eigenvalue weighted by molar-refractivity contribution is -0.360. The van der Waals surface area contributed by atoms with Gasteiger partial charge in [-0.2, -0.15) is 22.0 Å². The van der Waals surface area contributed by atoms with E-state index in [1.807, 2.05) is 0 Å². The standard InChI is InChI=1S/C8H2Cl2F6O/c9-3-1-2-4(5(10)6(3)11)17-8(15,16)7(12,13)14/h1-2H. The van der Waals surface area contributed by atoms with Crippen molar-refractivity contribution in [2.24, 2.45) is 0 Å². The van der Waals surface area contributed by atoms with Crippen molar-refractivity contribution in [3.8, 4) is 5.75 Å². The fraction of sp³-hybridized carbons (Fsp3) is 0.250. The number of halogens is 8. The highest BCUT2D eigenvalue weighted by Gasteiger charge is 2.61. The minimum absolute atomic E-state index is 0.530. The number of alkyl halides is 5. The molecule has 17 heavy (non-hydrogen) atoms. The van der Waals surface area contributed by atoms with Crippen LogP contribution in [-0.2, 0) is 0 Å². The first-order chi connectivity index (χ1) is 7.56. The maximum atomic E-state index is 13.0. The molecule has 0 bridgehead atoms. The van der Waals surface area contributed by atoms with Crippen LogP contribution in [0.15, 0.2) is 12.1 Å². The third kappa shape index (κ3) is 2.90. The van der Waals surface area contributed by atoms with Gasteiger partial charge < -0.3 is 4.74 Å². The van der Waals surface area contributed by atoms with Crippen LogP contribution < -0.4 is 4.74 Å². The molecular formula is C8H2Cl2F6O. The summed E-state index contributed by atoms with van der Waals surface area (Å²) in [5, 5.41) is -1.58. The van der Waals surface area contributed by atoms with Gasteiger partial charge in [0.25, 0.3) is 0 Å². The SMILES string of the molecule is Fc1c(Cl)ccc(OC(F)(F)C(F)(F)F)c1Cl. The molecule has 0 radical (unpaired) electrons. The van der Waals surface area contributed by atoms with Gasteiger partial charge in [-0.25, -0.2) is 4.39 Å². The van der Waals surface area contributed by atoms with Gasteiger partial charge >= 0.3 is 12.3 Å². The quantitative estimate of drug-likeness (QED) is 0.570. The third-order valence-corrected chi connectivity index (χ3v) is 2.21. The zero-order valence-electron chi connectivity index (χ0n) is 7.59. The molecule has 0 atom stereocenters. The Bertz CT molecular complexity index is 431. The summed E-state index contributed by atoms with van der Waals surface area (Å²) in [6.45, 7) is 0. The van der Waals surface area contributed by atoms with E-state index < -0.39 is 33.9 Å². The largest absolute Gasteiger partial charge is 0.499 e. The number of rotatable bonds is 2. The predicted molar refractivity (Wildman–Crippen MR) is 48.1 cm³/mol. The number of ether oxygens (including phenoxy) is 1. The van der Waals surface area contributed by atoms with Crippen LogP contribution in [0.5, 0.6) is 5.75 Å². The second-order valence-corrected chi connectivity index (χ2v) is 3.58. The lowest BCUT2D eigenvalue weighted by Gasteiger charge is -2.20. The summed E-state index contributed by atoms with van der Waals surface area (Å²) in [6, 6.07) is 1.35. The van der Waals surface area contributed by atoms with Crippen molar-refractivity contribution >= 4 is 23.2 Å². The molecule has 1 aromatic carbocycles. The molecule has 0 amide bonds. The second-order valence-electron chi connectivity index (χ2n) is 2.79. The Labute approximate surface area is 101 Å². The topological polar surface area (TPSA) is 9.23 Å².